The molecule has 0 atom stereocenters. The second-order valence-corrected chi connectivity index (χ2v) is 7.36. The summed E-state index contributed by atoms with van der Waals surface area (Å²) in [6.45, 7) is 3.78. The zero-order chi connectivity index (χ0) is 16.7. The van der Waals surface area contributed by atoms with Crippen LogP contribution in [0.15, 0.2) is 0 Å². The number of hydrogen-bond acceptors (Lipinski definition) is 3. The van der Waals surface area contributed by atoms with E-state index in [1.54, 1.807) is 0 Å². The fourth-order valence-corrected chi connectivity index (χ4v) is 3.86. The van der Waals surface area contributed by atoms with Crippen LogP contribution in [0.4, 0.5) is 0 Å². The Kier molecular flexibility index (Phi) is 6.88. The van der Waals surface area contributed by atoms with E-state index in [0.29, 0.717) is 25.4 Å². The number of hydrogen-bond donors (Lipinski definition) is 2. The number of aliphatic hydroxyl groups is 1. The average Bonchev–Trinajstić information content (AvgIpc) is 3.11. The van der Waals surface area contributed by atoms with E-state index < -0.39 is 0 Å². The molecule has 1 saturated carbocycles. The molecule has 0 aromatic rings. The molecule has 1 saturated heterocycles. The summed E-state index contributed by atoms with van der Waals surface area (Å²) >= 11 is 0. The van der Waals surface area contributed by atoms with Gasteiger partial charge >= 0.3 is 0 Å². The number of nitrogens with one attached hydrogen (secondary N) is 1. The molecule has 0 bridgehead atoms. The summed E-state index contributed by atoms with van der Waals surface area (Å²) in [5.41, 5.74) is -0.0126. The molecule has 132 valence electrons. The highest BCUT2D eigenvalue weighted by Gasteiger charge is 2.33. The first-order chi connectivity index (χ1) is 11.1. The summed E-state index contributed by atoms with van der Waals surface area (Å²) in [5.74, 6) is 0.710. The van der Waals surface area contributed by atoms with Gasteiger partial charge in [0.1, 0.15) is 0 Å². The fourth-order valence-electron chi connectivity index (χ4n) is 3.86. The van der Waals surface area contributed by atoms with Crippen molar-refractivity contribution in [2.24, 2.45) is 11.3 Å². The van der Waals surface area contributed by atoms with Gasteiger partial charge in [0.05, 0.1) is 6.54 Å². The summed E-state index contributed by atoms with van der Waals surface area (Å²) < 4.78 is 0. The van der Waals surface area contributed by atoms with E-state index in [0.717, 1.165) is 25.7 Å². The molecule has 2 N–H and O–H groups in total. The van der Waals surface area contributed by atoms with Gasteiger partial charge in [-0.2, -0.15) is 0 Å². The summed E-state index contributed by atoms with van der Waals surface area (Å²) in [6, 6.07) is 0. The minimum atomic E-state index is -0.0126. The van der Waals surface area contributed by atoms with Crippen molar-refractivity contribution < 1.29 is 14.7 Å². The van der Waals surface area contributed by atoms with Gasteiger partial charge in [0, 0.05) is 26.1 Å². The van der Waals surface area contributed by atoms with Crippen LogP contribution in [-0.2, 0) is 9.59 Å². The Balaban J connectivity index is 1.64. The van der Waals surface area contributed by atoms with Gasteiger partial charge in [-0.1, -0.05) is 32.6 Å². The normalized spacial score (nSPS) is 21.4. The van der Waals surface area contributed by atoms with Gasteiger partial charge in [0.25, 0.3) is 0 Å². The molecule has 1 aliphatic heterocycles. The summed E-state index contributed by atoms with van der Waals surface area (Å²) in [4.78, 5) is 25.9. The Morgan fingerprint density at radius 2 is 1.87 bits per heavy atom. The molecule has 5 nitrogen and oxygen atoms in total. The van der Waals surface area contributed by atoms with E-state index in [4.69, 9.17) is 0 Å². The molecule has 0 aromatic heterocycles. The van der Waals surface area contributed by atoms with Crippen LogP contribution in [-0.4, -0.2) is 48.1 Å². The van der Waals surface area contributed by atoms with Crippen LogP contribution >= 0.6 is 0 Å². The molecule has 0 radical (unpaired) electrons. The monoisotopic (exact) mass is 324 g/mol. The maximum Gasteiger partial charge on any atom is 0.241 e. The van der Waals surface area contributed by atoms with Gasteiger partial charge in [-0.3, -0.25) is 9.59 Å². The zero-order valence-electron chi connectivity index (χ0n) is 14.5. The quantitative estimate of drug-likeness (QED) is 0.753. The first-order valence-electron chi connectivity index (χ1n) is 9.24. The van der Waals surface area contributed by atoms with E-state index in [1.807, 2.05) is 4.90 Å². The minimum absolute atomic E-state index is 0.000484. The predicted molar refractivity (Wildman–Crippen MR) is 89.8 cm³/mol. The third kappa shape index (κ3) is 5.20. The minimum Gasteiger partial charge on any atom is -0.396 e. The smallest absolute Gasteiger partial charge is 0.241 e. The number of carbonyl (C=O) groups is 2. The molecule has 0 unspecified atom stereocenters. The summed E-state index contributed by atoms with van der Waals surface area (Å²) in [5, 5.41) is 12.3. The van der Waals surface area contributed by atoms with E-state index >= 15 is 0 Å². The number of piperidine rings is 1. The highest BCUT2D eigenvalue weighted by atomic mass is 16.3. The third-order valence-corrected chi connectivity index (χ3v) is 5.95. The van der Waals surface area contributed by atoms with E-state index in [-0.39, 0.29) is 30.4 Å². The molecule has 23 heavy (non-hydrogen) atoms. The lowest BCUT2D eigenvalue weighted by molar-refractivity contribution is -0.135. The molecule has 1 heterocycles. The Morgan fingerprint density at radius 3 is 2.43 bits per heavy atom. The second kappa shape index (κ2) is 8.67. The van der Waals surface area contributed by atoms with Crippen LogP contribution in [0.1, 0.15) is 64.7 Å². The van der Waals surface area contributed by atoms with E-state index in [1.165, 1.54) is 25.7 Å². The largest absolute Gasteiger partial charge is 0.396 e. The van der Waals surface area contributed by atoms with Gasteiger partial charge in [0.2, 0.25) is 11.8 Å². The fraction of sp³-hybridized carbons (Fsp3) is 0.889. The van der Waals surface area contributed by atoms with Crippen molar-refractivity contribution in [1.29, 1.82) is 0 Å². The molecule has 5 heteroatoms. The van der Waals surface area contributed by atoms with Gasteiger partial charge in [-0.15, -0.1) is 0 Å². The summed E-state index contributed by atoms with van der Waals surface area (Å²) in [6.07, 6.45) is 9.25. The van der Waals surface area contributed by atoms with Crippen molar-refractivity contribution in [2.75, 3.05) is 26.2 Å². The predicted octanol–water partition coefficient (Wildman–Crippen LogP) is 2.08. The van der Waals surface area contributed by atoms with E-state index in [2.05, 4.69) is 12.2 Å². The van der Waals surface area contributed by atoms with Crippen molar-refractivity contribution >= 4 is 11.8 Å². The van der Waals surface area contributed by atoms with Gasteiger partial charge in [-0.05, 0) is 37.0 Å². The van der Waals surface area contributed by atoms with E-state index in [9.17, 15) is 14.7 Å². The standard InChI is InChI=1S/C18H32N2O3/c1-2-18(14-21)9-11-20(12-10-18)17(23)13-19-16(22)8-7-15-5-3-4-6-15/h15,21H,2-14H2,1H3,(H,19,22). The van der Waals surface area contributed by atoms with Crippen LogP contribution in [0.25, 0.3) is 0 Å². The Labute approximate surface area is 139 Å². The number of nitrogens with zero attached hydrogens (tertiary/aromatic N) is 1. The topological polar surface area (TPSA) is 69.6 Å². The Bertz CT molecular complexity index is 391. The molecule has 2 aliphatic rings. The van der Waals surface area contributed by atoms with Crippen molar-refractivity contribution in [1.82, 2.24) is 10.2 Å². The molecule has 2 rings (SSSR count). The lowest BCUT2D eigenvalue weighted by Gasteiger charge is -2.40. The number of amides is 2. The number of likely N-dealkylation sites (tertiary alicyclic amines) is 1. The van der Waals surface area contributed by atoms with Gasteiger partial charge in [0.15, 0.2) is 0 Å². The zero-order valence-corrected chi connectivity index (χ0v) is 14.5. The maximum absolute atomic E-state index is 12.2. The molecule has 2 fully saturated rings. The first-order valence-corrected chi connectivity index (χ1v) is 9.24. The van der Waals surface area contributed by atoms with Crippen LogP contribution in [0, 0.1) is 11.3 Å². The van der Waals surface area contributed by atoms with Crippen LogP contribution in [0.5, 0.6) is 0 Å². The Morgan fingerprint density at radius 1 is 1.22 bits per heavy atom. The van der Waals surface area contributed by atoms with Gasteiger partial charge in [-0.25, -0.2) is 0 Å². The molecular weight excluding hydrogens is 292 g/mol. The lowest BCUT2D eigenvalue weighted by Crippen LogP contribution is -2.47. The molecule has 0 spiro atoms. The first kappa shape index (κ1) is 18.2. The average molecular weight is 324 g/mol. The van der Waals surface area contributed by atoms with Crippen LogP contribution in [0.3, 0.4) is 0 Å². The summed E-state index contributed by atoms with van der Waals surface area (Å²) in [7, 11) is 0. The van der Waals surface area contributed by atoms with Crippen molar-refractivity contribution in [2.45, 2.75) is 64.7 Å². The highest BCUT2D eigenvalue weighted by molar-refractivity contribution is 5.84. The third-order valence-electron chi connectivity index (χ3n) is 5.95. The van der Waals surface area contributed by atoms with Crippen molar-refractivity contribution in [3.05, 3.63) is 0 Å². The number of rotatable bonds is 7. The lowest BCUT2D eigenvalue weighted by atomic mass is 9.77. The highest BCUT2D eigenvalue weighted by Crippen LogP contribution is 2.34. The second-order valence-electron chi connectivity index (χ2n) is 7.36. The van der Waals surface area contributed by atoms with Crippen LogP contribution in [0.2, 0.25) is 0 Å². The van der Waals surface area contributed by atoms with Crippen molar-refractivity contribution in [3.8, 4) is 0 Å². The van der Waals surface area contributed by atoms with Gasteiger partial charge < -0.3 is 15.3 Å². The molecule has 2 amide bonds. The number of carbonyl (C=O) groups excluding carboxylic acids is 2. The number of aliphatic hydroxyl groups excluding tert-OH is 1. The Hall–Kier alpha value is -1.10. The molecular formula is C18H32N2O3. The molecule has 0 aromatic carbocycles. The van der Waals surface area contributed by atoms with Crippen molar-refractivity contribution in [3.63, 3.8) is 0 Å². The maximum atomic E-state index is 12.2. The SMILES string of the molecule is CCC1(CO)CCN(C(=O)CNC(=O)CCC2CCCC2)CC1. The molecule has 1 aliphatic carbocycles. The van der Waals surface area contributed by atoms with Crippen LogP contribution < -0.4 is 5.32 Å².